The average Bonchev–Trinajstić information content (AvgIpc) is 2.84. The molecule has 1 aromatic heterocycles. The van der Waals surface area contributed by atoms with Crippen LogP contribution in [-0.4, -0.2) is 47.7 Å². The topological polar surface area (TPSA) is 50.3 Å². The van der Waals surface area contributed by atoms with Crippen LogP contribution >= 0.6 is 0 Å². The van der Waals surface area contributed by atoms with Crippen LogP contribution in [0.1, 0.15) is 26.1 Å². The van der Waals surface area contributed by atoms with Gasteiger partial charge in [0.2, 0.25) is 5.88 Å². The van der Waals surface area contributed by atoms with Crippen molar-refractivity contribution >= 4 is 5.82 Å². The van der Waals surface area contributed by atoms with E-state index in [0.717, 1.165) is 18.2 Å². The Balaban J connectivity index is 1.87. The molecule has 0 radical (unpaired) electrons. The summed E-state index contributed by atoms with van der Waals surface area (Å²) in [6, 6.07) is 2.49. The lowest BCUT2D eigenvalue weighted by molar-refractivity contribution is 0.266. The summed E-state index contributed by atoms with van der Waals surface area (Å²) in [5.74, 6) is 2.90. The molecule has 19 heavy (non-hydrogen) atoms. The highest BCUT2D eigenvalue weighted by Gasteiger charge is 2.23. The minimum Gasteiger partial charge on any atom is -0.481 e. The Morgan fingerprint density at radius 3 is 2.89 bits per heavy atom. The molecule has 0 aliphatic carbocycles. The molecule has 0 spiro atoms. The molecule has 5 heteroatoms. The maximum Gasteiger partial charge on any atom is 0.218 e. The standard InChI is InChI=1S/C14H24N4O/c1-10(2)18-6-5-12(9-18)8-15-13-7-14(19-4)17-11(3)16-13/h7,10,12H,5-6,8-9H2,1-4H3,(H,15,16,17). The zero-order chi connectivity index (χ0) is 13.8. The van der Waals surface area contributed by atoms with Gasteiger partial charge in [-0.1, -0.05) is 0 Å². The third-order valence-electron chi connectivity index (χ3n) is 3.64. The molecular formula is C14H24N4O. The molecule has 2 rings (SSSR count). The second-order valence-electron chi connectivity index (χ2n) is 5.47. The fraction of sp³-hybridized carbons (Fsp3) is 0.714. The van der Waals surface area contributed by atoms with Crippen molar-refractivity contribution in [1.82, 2.24) is 14.9 Å². The van der Waals surface area contributed by atoms with Crippen LogP contribution in [0.25, 0.3) is 0 Å². The van der Waals surface area contributed by atoms with Gasteiger partial charge in [-0.2, -0.15) is 4.98 Å². The highest BCUT2D eigenvalue weighted by molar-refractivity contribution is 5.38. The number of hydrogen-bond acceptors (Lipinski definition) is 5. The molecule has 0 aromatic carbocycles. The number of hydrogen-bond donors (Lipinski definition) is 1. The van der Waals surface area contributed by atoms with Gasteiger partial charge in [-0.3, -0.25) is 0 Å². The summed E-state index contributed by atoms with van der Waals surface area (Å²) in [5.41, 5.74) is 0. The lowest BCUT2D eigenvalue weighted by Crippen LogP contribution is -2.29. The van der Waals surface area contributed by atoms with Crippen LogP contribution in [0.5, 0.6) is 5.88 Å². The predicted molar refractivity (Wildman–Crippen MR) is 76.6 cm³/mol. The number of methoxy groups -OCH3 is 1. The van der Waals surface area contributed by atoms with Gasteiger partial charge in [0.1, 0.15) is 11.6 Å². The molecule has 1 aliphatic rings. The van der Waals surface area contributed by atoms with Gasteiger partial charge in [0, 0.05) is 25.2 Å². The van der Waals surface area contributed by atoms with Gasteiger partial charge in [0.15, 0.2) is 0 Å². The molecule has 106 valence electrons. The highest BCUT2D eigenvalue weighted by Crippen LogP contribution is 2.19. The molecule has 1 aromatic rings. The van der Waals surface area contributed by atoms with Crippen LogP contribution in [0.2, 0.25) is 0 Å². The number of aryl methyl sites for hydroxylation is 1. The molecule has 5 nitrogen and oxygen atoms in total. The molecule has 0 saturated carbocycles. The quantitative estimate of drug-likeness (QED) is 0.880. The summed E-state index contributed by atoms with van der Waals surface area (Å²) in [6.45, 7) is 9.73. The summed E-state index contributed by atoms with van der Waals surface area (Å²) in [5, 5.41) is 3.40. The minimum atomic E-state index is 0.616. The molecule has 1 aliphatic heterocycles. The lowest BCUT2D eigenvalue weighted by atomic mass is 10.1. The second kappa shape index (κ2) is 6.19. The SMILES string of the molecule is COc1cc(NCC2CCN(C(C)C)C2)nc(C)n1. The van der Waals surface area contributed by atoms with E-state index in [2.05, 4.69) is 34.0 Å². The van der Waals surface area contributed by atoms with Crippen LogP contribution in [-0.2, 0) is 0 Å². The van der Waals surface area contributed by atoms with E-state index in [9.17, 15) is 0 Å². The van der Waals surface area contributed by atoms with E-state index in [-0.39, 0.29) is 0 Å². The summed E-state index contributed by atoms with van der Waals surface area (Å²) < 4.78 is 5.16. The van der Waals surface area contributed by atoms with Gasteiger partial charge in [-0.15, -0.1) is 0 Å². The number of nitrogens with one attached hydrogen (secondary N) is 1. The highest BCUT2D eigenvalue weighted by atomic mass is 16.5. The monoisotopic (exact) mass is 264 g/mol. The summed E-state index contributed by atoms with van der Waals surface area (Å²) in [6.07, 6.45) is 1.26. The third kappa shape index (κ3) is 3.80. The van der Waals surface area contributed by atoms with Crippen LogP contribution in [0.3, 0.4) is 0 Å². The zero-order valence-corrected chi connectivity index (χ0v) is 12.3. The molecule has 1 atom stereocenters. The zero-order valence-electron chi connectivity index (χ0n) is 12.3. The lowest BCUT2D eigenvalue weighted by Gasteiger charge is -2.20. The first-order valence-corrected chi connectivity index (χ1v) is 6.96. The first-order chi connectivity index (χ1) is 9.08. The van der Waals surface area contributed by atoms with Gasteiger partial charge in [0.05, 0.1) is 7.11 Å². The van der Waals surface area contributed by atoms with Gasteiger partial charge >= 0.3 is 0 Å². The summed E-state index contributed by atoms with van der Waals surface area (Å²) in [4.78, 5) is 11.1. The third-order valence-corrected chi connectivity index (χ3v) is 3.64. The number of likely N-dealkylation sites (tertiary alicyclic amines) is 1. The Morgan fingerprint density at radius 2 is 2.26 bits per heavy atom. The molecule has 1 unspecified atom stereocenters. The maximum absolute atomic E-state index is 5.16. The number of rotatable bonds is 5. The van der Waals surface area contributed by atoms with E-state index < -0.39 is 0 Å². The molecular weight excluding hydrogens is 240 g/mol. The smallest absolute Gasteiger partial charge is 0.218 e. The average molecular weight is 264 g/mol. The maximum atomic E-state index is 5.16. The van der Waals surface area contributed by atoms with Crippen molar-refractivity contribution in [2.45, 2.75) is 33.2 Å². The van der Waals surface area contributed by atoms with E-state index in [1.807, 2.05) is 13.0 Å². The van der Waals surface area contributed by atoms with E-state index in [0.29, 0.717) is 17.8 Å². The fourth-order valence-electron chi connectivity index (χ4n) is 2.48. The van der Waals surface area contributed by atoms with Crippen molar-refractivity contribution in [2.24, 2.45) is 5.92 Å². The number of aromatic nitrogens is 2. The molecule has 1 fully saturated rings. The fourth-order valence-corrected chi connectivity index (χ4v) is 2.48. The van der Waals surface area contributed by atoms with Crippen molar-refractivity contribution in [2.75, 3.05) is 32.1 Å². The Bertz CT molecular complexity index is 422. The molecule has 2 heterocycles. The second-order valence-corrected chi connectivity index (χ2v) is 5.47. The Hall–Kier alpha value is -1.36. The first-order valence-electron chi connectivity index (χ1n) is 6.96. The van der Waals surface area contributed by atoms with Gasteiger partial charge in [-0.25, -0.2) is 4.98 Å². The van der Waals surface area contributed by atoms with Crippen LogP contribution < -0.4 is 10.1 Å². The predicted octanol–water partition coefficient (Wildman–Crippen LogP) is 1.94. The van der Waals surface area contributed by atoms with Crippen LogP contribution in [0.15, 0.2) is 6.07 Å². The van der Waals surface area contributed by atoms with Crippen molar-refractivity contribution in [3.63, 3.8) is 0 Å². The Kier molecular flexibility index (Phi) is 4.58. The van der Waals surface area contributed by atoms with Crippen LogP contribution in [0.4, 0.5) is 5.82 Å². The van der Waals surface area contributed by atoms with E-state index in [4.69, 9.17) is 4.74 Å². The Morgan fingerprint density at radius 1 is 1.47 bits per heavy atom. The van der Waals surface area contributed by atoms with Crippen LogP contribution in [0, 0.1) is 12.8 Å². The van der Waals surface area contributed by atoms with Crippen molar-refractivity contribution in [1.29, 1.82) is 0 Å². The van der Waals surface area contributed by atoms with E-state index in [1.54, 1.807) is 7.11 Å². The van der Waals surface area contributed by atoms with Crippen molar-refractivity contribution < 1.29 is 4.74 Å². The van der Waals surface area contributed by atoms with Crippen molar-refractivity contribution in [3.05, 3.63) is 11.9 Å². The van der Waals surface area contributed by atoms with Gasteiger partial charge in [-0.05, 0) is 39.7 Å². The number of anilines is 1. The number of ether oxygens (including phenoxy) is 1. The van der Waals surface area contributed by atoms with E-state index in [1.165, 1.54) is 19.5 Å². The molecule has 0 bridgehead atoms. The molecule has 1 N–H and O–H groups in total. The number of nitrogens with zero attached hydrogens (tertiary/aromatic N) is 3. The van der Waals surface area contributed by atoms with Gasteiger partial charge in [0.25, 0.3) is 0 Å². The summed E-state index contributed by atoms with van der Waals surface area (Å²) >= 11 is 0. The molecule has 0 amide bonds. The Labute approximate surface area is 115 Å². The normalized spacial score (nSPS) is 19.9. The van der Waals surface area contributed by atoms with E-state index >= 15 is 0 Å². The summed E-state index contributed by atoms with van der Waals surface area (Å²) in [7, 11) is 1.63. The van der Waals surface area contributed by atoms with Gasteiger partial charge < -0.3 is 15.0 Å². The first kappa shape index (κ1) is 14.1. The largest absolute Gasteiger partial charge is 0.481 e. The molecule has 1 saturated heterocycles. The van der Waals surface area contributed by atoms with Crippen molar-refractivity contribution in [3.8, 4) is 5.88 Å². The minimum absolute atomic E-state index is 0.616.